The number of aromatic nitrogens is 3. The Morgan fingerprint density at radius 2 is 1.46 bits per heavy atom. The van der Waals surface area contributed by atoms with Crippen molar-refractivity contribution < 1.29 is 4.42 Å². The molecule has 0 N–H and O–H groups in total. The number of fused-ring (bicyclic) bond motifs is 5. The van der Waals surface area contributed by atoms with E-state index in [-0.39, 0.29) is 0 Å². The minimum absolute atomic E-state index is 0.634. The summed E-state index contributed by atoms with van der Waals surface area (Å²) >= 11 is 0. The molecule has 3 aromatic carbocycles. The second-order valence-electron chi connectivity index (χ2n) is 6.79. The van der Waals surface area contributed by atoms with Gasteiger partial charge in [-0.3, -0.25) is 4.57 Å². The van der Waals surface area contributed by atoms with Crippen LogP contribution >= 0.6 is 0 Å². The molecule has 0 saturated heterocycles. The molecule has 6 aromatic rings. The van der Waals surface area contributed by atoms with E-state index in [1.54, 1.807) is 6.26 Å². The van der Waals surface area contributed by atoms with Crippen molar-refractivity contribution in [1.29, 1.82) is 0 Å². The van der Waals surface area contributed by atoms with E-state index in [2.05, 4.69) is 47.0 Å². The minimum Gasteiger partial charge on any atom is -0.462 e. The van der Waals surface area contributed by atoms with Crippen LogP contribution in [0.25, 0.3) is 49.9 Å². The zero-order chi connectivity index (χ0) is 18.5. The highest BCUT2D eigenvalue weighted by Gasteiger charge is 2.17. The summed E-state index contributed by atoms with van der Waals surface area (Å²) in [5.41, 5.74) is 5.01. The summed E-state index contributed by atoms with van der Waals surface area (Å²) in [7, 11) is 0. The predicted octanol–water partition coefficient (Wildman–Crippen LogP) is 5.99. The molecule has 0 radical (unpaired) electrons. The zero-order valence-corrected chi connectivity index (χ0v) is 14.9. The topological polar surface area (TPSA) is 43.9 Å². The number of benzene rings is 3. The van der Waals surface area contributed by atoms with Crippen LogP contribution in [0, 0.1) is 0 Å². The maximum absolute atomic E-state index is 5.84. The standard InChI is InChI=1S/C24H15N3O/c1-2-6-16(7-3-1)18-14-25-24(26-15-18)27-21-9-5-4-8-19(21)20-11-10-17-12-13-28-23(17)22(20)27/h1-15H. The Labute approximate surface area is 160 Å². The third kappa shape index (κ3) is 2.12. The maximum Gasteiger partial charge on any atom is 0.234 e. The van der Waals surface area contributed by atoms with Crippen molar-refractivity contribution in [2.75, 3.05) is 0 Å². The second kappa shape index (κ2) is 5.79. The van der Waals surface area contributed by atoms with Crippen LogP contribution in [-0.2, 0) is 0 Å². The summed E-state index contributed by atoms with van der Waals surface area (Å²) in [6.07, 6.45) is 5.48. The van der Waals surface area contributed by atoms with Gasteiger partial charge >= 0.3 is 0 Å². The lowest BCUT2D eigenvalue weighted by molar-refractivity contribution is 0.617. The highest BCUT2D eigenvalue weighted by Crippen LogP contribution is 2.36. The van der Waals surface area contributed by atoms with Gasteiger partial charge < -0.3 is 4.42 Å². The number of rotatable bonds is 2. The van der Waals surface area contributed by atoms with Gasteiger partial charge in [0.1, 0.15) is 5.52 Å². The van der Waals surface area contributed by atoms with Gasteiger partial charge in [0.15, 0.2) is 5.58 Å². The van der Waals surface area contributed by atoms with E-state index in [4.69, 9.17) is 14.4 Å². The zero-order valence-electron chi connectivity index (χ0n) is 14.9. The first-order valence-electron chi connectivity index (χ1n) is 9.17. The van der Waals surface area contributed by atoms with E-state index in [9.17, 15) is 0 Å². The molecule has 3 aromatic heterocycles. The van der Waals surface area contributed by atoms with E-state index in [0.717, 1.165) is 43.9 Å². The average Bonchev–Trinajstić information content (AvgIpc) is 3.37. The Kier molecular flexibility index (Phi) is 3.14. The summed E-state index contributed by atoms with van der Waals surface area (Å²) in [6, 6.07) is 24.7. The summed E-state index contributed by atoms with van der Waals surface area (Å²) in [6.45, 7) is 0. The first-order chi connectivity index (χ1) is 13.9. The molecule has 4 nitrogen and oxygen atoms in total. The molecular weight excluding hydrogens is 346 g/mol. The molecule has 0 aliphatic rings. The lowest BCUT2D eigenvalue weighted by Gasteiger charge is -2.07. The van der Waals surface area contributed by atoms with Crippen LogP contribution in [0.4, 0.5) is 0 Å². The molecule has 0 aliphatic carbocycles. The number of hydrogen-bond donors (Lipinski definition) is 0. The molecule has 3 heterocycles. The van der Waals surface area contributed by atoms with Gasteiger partial charge in [-0.05, 0) is 17.7 Å². The van der Waals surface area contributed by atoms with Crippen LogP contribution < -0.4 is 0 Å². The van der Waals surface area contributed by atoms with E-state index in [0.29, 0.717) is 5.95 Å². The summed E-state index contributed by atoms with van der Waals surface area (Å²) in [5.74, 6) is 0.634. The molecule has 0 unspecified atom stereocenters. The van der Waals surface area contributed by atoms with Crippen LogP contribution in [-0.4, -0.2) is 14.5 Å². The fraction of sp³-hybridized carbons (Fsp3) is 0. The molecule has 132 valence electrons. The summed E-state index contributed by atoms with van der Waals surface area (Å²) in [5, 5.41) is 3.36. The molecule has 0 atom stereocenters. The first kappa shape index (κ1) is 15.2. The third-order valence-corrected chi connectivity index (χ3v) is 5.20. The fourth-order valence-electron chi connectivity index (χ4n) is 3.90. The molecule has 0 fully saturated rings. The summed E-state index contributed by atoms with van der Waals surface area (Å²) in [4.78, 5) is 9.40. The average molecular weight is 361 g/mol. The van der Waals surface area contributed by atoms with E-state index >= 15 is 0 Å². The molecule has 0 saturated carbocycles. The Bertz CT molecular complexity index is 1440. The lowest BCUT2D eigenvalue weighted by Crippen LogP contribution is -2.00. The van der Waals surface area contributed by atoms with E-state index < -0.39 is 0 Å². The Balaban J connectivity index is 1.66. The van der Waals surface area contributed by atoms with Crippen LogP contribution in [0.5, 0.6) is 0 Å². The Morgan fingerprint density at radius 3 is 2.32 bits per heavy atom. The third-order valence-electron chi connectivity index (χ3n) is 5.20. The largest absolute Gasteiger partial charge is 0.462 e. The Morgan fingerprint density at radius 1 is 0.679 bits per heavy atom. The monoisotopic (exact) mass is 361 g/mol. The normalized spacial score (nSPS) is 11.6. The van der Waals surface area contributed by atoms with Gasteiger partial charge in [0.2, 0.25) is 5.95 Å². The van der Waals surface area contributed by atoms with Crippen molar-refractivity contribution in [2.45, 2.75) is 0 Å². The van der Waals surface area contributed by atoms with Crippen molar-refractivity contribution >= 4 is 32.8 Å². The van der Waals surface area contributed by atoms with Gasteiger partial charge in [-0.25, -0.2) is 9.97 Å². The smallest absolute Gasteiger partial charge is 0.234 e. The van der Waals surface area contributed by atoms with Gasteiger partial charge in [-0.2, -0.15) is 0 Å². The van der Waals surface area contributed by atoms with Gasteiger partial charge in [0, 0.05) is 34.1 Å². The highest BCUT2D eigenvalue weighted by atomic mass is 16.3. The molecule has 6 rings (SSSR count). The molecule has 4 heteroatoms. The quantitative estimate of drug-likeness (QED) is 0.381. The second-order valence-corrected chi connectivity index (χ2v) is 6.79. The van der Waals surface area contributed by atoms with Crippen LogP contribution in [0.2, 0.25) is 0 Å². The van der Waals surface area contributed by atoms with Crippen molar-refractivity contribution in [1.82, 2.24) is 14.5 Å². The van der Waals surface area contributed by atoms with Crippen LogP contribution in [0.1, 0.15) is 0 Å². The molecular formula is C24H15N3O. The van der Waals surface area contributed by atoms with Gasteiger partial charge in [0.05, 0.1) is 11.8 Å². The van der Waals surface area contributed by atoms with Crippen LogP contribution in [0.15, 0.2) is 95.9 Å². The predicted molar refractivity (Wildman–Crippen MR) is 112 cm³/mol. The van der Waals surface area contributed by atoms with E-state index in [1.165, 1.54) is 0 Å². The van der Waals surface area contributed by atoms with Gasteiger partial charge in [0.25, 0.3) is 0 Å². The number of nitrogens with zero attached hydrogens (tertiary/aromatic N) is 3. The highest BCUT2D eigenvalue weighted by molar-refractivity contribution is 6.16. The molecule has 0 spiro atoms. The molecule has 0 amide bonds. The molecule has 0 aliphatic heterocycles. The lowest BCUT2D eigenvalue weighted by atomic mass is 10.1. The van der Waals surface area contributed by atoms with Crippen LogP contribution in [0.3, 0.4) is 0 Å². The van der Waals surface area contributed by atoms with Gasteiger partial charge in [-0.1, -0.05) is 60.7 Å². The van der Waals surface area contributed by atoms with Crippen molar-refractivity contribution in [3.05, 3.63) is 91.5 Å². The van der Waals surface area contributed by atoms with E-state index in [1.807, 2.05) is 42.7 Å². The first-order valence-corrected chi connectivity index (χ1v) is 9.17. The van der Waals surface area contributed by atoms with Crippen molar-refractivity contribution in [2.24, 2.45) is 0 Å². The number of furan rings is 1. The van der Waals surface area contributed by atoms with Crippen molar-refractivity contribution in [3.8, 4) is 17.1 Å². The number of para-hydroxylation sites is 1. The van der Waals surface area contributed by atoms with Crippen molar-refractivity contribution in [3.63, 3.8) is 0 Å². The van der Waals surface area contributed by atoms with Gasteiger partial charge in [-0.15, -0.1) is 0 Å². The summed E-state index contributed by atoms with van der Waals surface area (Å²) < 4.78 is 7.93. The number of hydrogen-bond acceptors (Lipinski definition) is 3. The SMILES string of the molecule is c1ccc(-c2cnc(-n3c4ccccc4c4ccc5ccoc5c43)nc2)cc1. The molecule has 28 heavy (non-hydrogen) atoms. The fourth-order valence-corrected chi connectivity index (χ4v) is 3.90. The molecule has 0 bridgehead atoms. The Hall–Kier alpha value is -3.92. The minimum atomic E-state index is 0.634. The maximum atomic E-state index is 5.84.